The van der Waals surface area contributed by atoms with Crippen molar-refractivity contribution >= 4 is 0 Å². The molecule has 0 saturated carbocycles. The van der Waals surface area contributed by atoms with Crippen LogP contribution in [0.15, 0.2) is 18.2 Å². The van der Waals surface area contributed by atoms with E-state index in [1.807, 2.05) is 13.8 Å². The molecule has 0 aliphatic heterocycles. The second-order valence-electron chi connectivity index (χ2n) is 4.53. The molecule has 2 nitrogen and oxygen atoms in total. The van der Waals surface area contributed by atoms with Gasteiger partial charge in [0.15, 0.2) is 11.6 Å². The molecule has 0 amide bonds. The van der Waals surface area contributed by atoms with Crippen molar-refractivity contribution in [2.24, 2.45) is 0 Å². The van der Waals surface area contributed by atoms with Gasteiger partial charge in [-0.2, -0.15) is 0 Å². The molecule has 0 aliphatic rings. The van der Waals surface area contributed by atoms with Crippen molar-refractivity contribution in [2.75, 3.05) is 6.61 Å². The van der Waals surface area contributed by atoms with Crippen LogP contribution in [0.2, 0.25) is 0 Å². The molecule has 0 saturated heterocycles. The molecule has 0 spiro atoms. The van der Waals surface area contributed by atoms with Gasteiger partial charge in [0, 0.05) is 13.0 Å². The Morgan fingerprint density at radius 3 is 2.56 bits per heavy atom. The fraction of sp³-hybridized carbons (Fsp3) is 0.571. The molecular weight excluding hydrogens is 238 g/mol. The maximum absolute atomic E-state index is 13.5. The summed E-state index contributed by atoms with van der Waals surface area (Å²) in [5.41, 5.74) is -0.574. The van der Waals surface area contributed by atoms with Crippen molar-refractivity contribution in [1.29, 1.82) is 0 Å². The van der Waals surface area contributed by atoms with Gasteiger partial charge in [-0.3, -0.25) is 0 Å². The third kappa shape index (κ3) is 3.27. The first kappa shape index (κ1) is 15.1. The maximum atomic E-state index is 13.5. The molecule has 0 aliphatic carbocycles. The highest BCUT2D eigenvalue weighted by Crippen LogP contribution is 2.24. The predicted molar refractivity (Wildman–Crippen MR) is 66.4 cm³/mol. The summed E-state index contributed by atoms with van der Waals surface area (Å²) >= 11 is 0. The minimum absolute atomic E-state index is 0.0356. The maximum Gasteiger partial charge on any atom is 0.162 e. The van der Waals surface area contributed by atoms with Crippen molar-refractivity contribution in [3.8, 4) is 0 Å². The number of rotatable bonds is 6. The Hall–Kier alpha value is -1.00. The topological polar surface area (TPSA) is 29.5 Å². The van der Waals surface area contributed by atoms with Crippen molar-refractivity contribution in [2.45, 2.75) is 45.3 Å². The van der Waals surface area contributed by atoms with Gasteiger partial charge in [0.05, 0.1) is 11.7 Å². The summed E-state index contributed by atoms with van der Waals surface area (Å²) in [6.07, 6.45) is -0.244. The average molecular weight is 258 g/mol. The first-order valence-electron chi connectivity index (χ1n) is 6.19. The van der Waals surface area contributed by atoms with Crippen LogP contribution in [0.3, 0.4) is 0 Å². The molecule has 0 radical (unpaired) electrons. The van der Waals surface area contributed by atoms with Gasteiger partial charge in [0.25, 0.3) is 0 Å². The van der Waals surface area contributed by atoms with Gasteiger partial charge >= 0.3 is 0 Å². The van der Waals surface area contributed by atoms with Crippen LogP contribution >= 0.6 is 0 Å². The molecule has 1 aromatic carbocycles. The summed E-state index contributed by atoms with van der Waals surface area (Å²) in [7, 11) is 0. The van der Waals surface area contributed by atoms with E-state index < -0.39 is 23.3 Å². The zero-order valence-corrected chi connectivity index (χ0v) is 11.0. The van der Waals surface area contributed by atoms with Gasteiger partial charge in [0.2, 0.25) is 0 Å². The Balaban J connectivity index is 2.86. The fourth-order valence-corrected chi connectivity index (χ4v) is 1.89. The molecule has 18 heavy (non-hydrogen) atoms. The molecule has 2 atom stereocenters. The van der Waals surface area contributed by atoms with E-state index in [1.165, 1.54) is 12.1 Å². The van der Waals surface area contributed by atoms with Crippen molar-refractivity contribution in [3.63, 3.8) is 0 Å². The summed E-state index contributed by atoms with van der Waals surface area (Å²) in [5, 5.41) is 10.2. The Morgan fingerprint density at radius 2 is 2.00 bits per heavy atom. The molecule has 1 N–H and O–H groups in total. The third-order valence-electron chi connectivity index (χ3n) is 3.33. The lowest BCUT2D eigenvalue weighted by molar-refractivity contribution is -0.110. The van der Waals surface area contributed by atoms with Gasteiger partial charge in [-0.25, -0.2) is 8.78 Å². The lowest BCUT2D eigenvalue weighted by atomic mass is 9.90. The Kier molecular flexibility index (Phi) is 5.23. The molecule has 1 aromatic rings. The molecule has 0 aromatic heterocycles. The third-order valence-corrected chi connectivity index (χ3v) is 3.33. The highest BCUT2D eigenvalue weighted by atomic mass is 19.2. The van der Waals surface area contributed by atoms with Gasteiger partial charge in [-0.1, -0.05) is 19.1 Å². The first-order valence-corrected chi connectivity index (χ1v) is 6.19. The molecule has 0 fully saturated rings. The predicted octanol–water partition coefficient (Wildman–Crippen LogP) is 3.07. The van der Waals surface area contributed by atoms with Crippen LogP contribution in [0.5, 0.6) is 0 Å². The van der Waals surface area contributed by atoms with Crippen molar-refractivity contribution in [3.05, 3.63) is 35.4 Å². The molecule has 102 valence electrons. The second-order valence-corrected chi connectivity index (χ2v) is 4.53. The van der Waals surface area contributed by atoms with Crippen LogP contribution in [0.1, 0.15) is 32.8 Å². The molecule has 0 bridgehead atoms. The SMILES string of the molecule is CCOC(C)(CC)C(O)Cc1cccc(F)c1F. The van der Waals surface area contributed by atoms with Crippen LogP contribution < -0.4 is 0 Å². The largest absolute Gasteiger partial charge is 0.390 e. The normalized spacial score (nSPS) is 16.3. The van der Waals surface area contributed by atoms with E-state index in [0.29, 0.717) is 13.0 Å². The summed E-state index contributed by atoms with van der Waals surface area (Å²) in [4.78, 5) is 0. The summed E-state index contributed by atoms with van der Waals surface area (Å²) in [6.45, 7) is 5.97. The van der Waals surface area contributed by atoms with Crippen molar-refractivity contribution < 1.29 is 18.6 Å². The highest BCUT2D eigenvalue weighted by molar-refractivity contribution is 5.20. The number of hydrogen-bond acceptors (Lipinski definition) is 2. The lowest BCUT2D eigenvalue weighted by Crippen LogP contribution is -2.43. The van der Waals surface area contributed by atoms with Gasteiger partial charge in [-0.15, -0.1) is 0 Å². The first-order chi connectivity index (χ1) is 8.44. The van der Waals surface area contributed by atoms with Gasteiger partial charge in [-0.05, 0) is 31.9 Å². The Bertz CT molecular complexity index is 395. The van der Waals surface area contributed by atoms with Crippen LogP contribution in [-0.2, 0) is 11.2 Å². The molecular formula is C14H20F2O2. The van der Waals surface area contributed by atoms with Crippen LogP contribution in [0.4, 0.5) is 8.78 Å². The summed E-state index contributed by atoms with van der Waals surface area (Å²) in [5.74, 6) is -1.79. The quantitative estimate of drug-likeness (QED) is 0.849. The van der Waals surface area contributed by atoms with Gasteiger partial charge < -0.3 is 9.84 Å². The molecule has 1 rings (SSSR count). The minimum Gasteiger partial charge on any atom is -0.390 e. The zero-order valence-electron chi connectivity index (χ0n) is 11.0. The summed E-state index contributed by atoms with van der Waals surface area (Å²) < 4.78 is 32.1. The number of ether oxygens (including phenoxy) is 1. The van der Waals surface area contributed by atoms with Crippen LogP contribution in [-0.4, -0.2) is 23.4 Å². The minimum atomic E-state index is -0.897. The number of hydrogen-bond donors (Lipinski definition) is 1. The van der Waals surface area contributed by atoms with Crippen LogP contribution in [0, 0.1) is 11.6 Å². The lowest BCUT2D eigenvalue weighted by Gasteiger charge is -2.33. The average Bonchev–Trinajstić information content (AvgIpc) is 2.35. The number of halogens is 2. The number of aliphatic hydroxyl groups excluding tert-OH is 1. The van der Waals surface area contributed by atoms with E-state index in [0.717, 1.165) is 6.07 Å². The van der Waals surface area contributed by atoms with E-state index in [9.17, 15) is 13.9 Å². The molecule has 4 heteroatoms. The van der Waals surface area contributed by atoms with E-state index >= 15 is 0 Å². The van der Waals surface area contributed by atoms with Gasteiger partial charge in [0.1, 0.15) is 0 Å². The monoisotopic (exact) mass is 258 g/mol. The second kappa shape index (κ2) is 6.25. The Labute approximate surface area is 107 Å². The smallest absolute Gasteiger partial charge is 0.162 e. The fourth-order valence-electron chi connectivity index (χ4n) is 1.89. The highest BCUT2D eigenvalue weighted by Gasteiger charge is 2.32. The number of benzene rings is 1. The van der Waals surface area contributed by atoms with E-state index in [4.69, 9.17) is 4.74 Å². The van der Waals surface area contributed by atoms with Crippen LogP contribution in [0.25, 0.3) is 0 Å². The van der Waals surface area contributed by atoms with Crippen molar-refractivity contribution in [1.82, 2.24) is 0 Å². The summed E-state index contributed by atoms with van der Waals surface area (Å²) in [6, 6.07) is 3.97. The molecule has 2 unspecified atom stereocenters. The standard InChI is InChI=1S/C14H20F2O2/c1-4-14(3,18-5-2)12(17)9-10-7-6-8-11(15)13(10)16/h6-8,12,17H,4-5,9H2,1-3H3. The van der Waals surface area contributed by atoms with E-state index in [1.54, 1.807) is 6.92 Å². The number of aliphatic hydroxyl groups is 1. The zero-order chi connectivity index (χ0) is 13.8. The van der Waals surface area contributed by atoms with E-state index in [-0.39, 0.29) is 12.0 Å². The van der Waals surface area contributed by atoms with E-state index in [2.05, 4.69) is 0 Å². The Morgan fingerprint density at radius 1 is 1.33 bits per heavy atom. The molecule has 0 heterocycles.